The van der Waals surface area contributed by atoms with Gasteiger partial charge in [-0.15, -0.1) is 0 Å². The Hall–Kier alpha value is -2.89. The van der Waals surface area contributed by atoms with Crippen molar-refractivity contribution in [2.45, 2.75) is 45.4 Å². The van der Waals surface area contributed by atoms with Crippen molar-refractivity contribution < 1.29 is 14.3 Å². The lowest BCUT2D eigenvalue weighted by Crippen LogP contribution is -2.06. The van der Waals surface area contributed by atoms with Crippen LogP contribution in [-0.4, -0.2) is 28.8 Å². The molecule has 0 atom stereocenters. The highest BCUT2D eigenvalue weighted by atomic mass is 16.5. The molecule has 0 bridgehead atoms. The number of fused-ring (bicyclic) bond motifs is 1. The van der Waals surface area contributed by atoms with E-state index in [0.717, 1.165) is 49.2 Å². The normalized spacial score (nSPS) is 13.0. The molecule has 0 spiro atoms. The molecule has 1 aliphatic carbocycles. The second-order valence-electron chi connectivity index (χ2n) is 6.67. The number of ether oxygens (including phenoxy) is 1. The van der Waals surface area contributed by atoms with E-state index in [0.29, 0.717) is 6.42 Å². The van der Waals surface area contributed by atoms with Crippen LogP contribution in [-0.2, 0) is 27.2 Å². The minimum Gasteiger partial charge on any atom is -0.469 e. The van der Waals surface area contributed by atoms with Gasteiger partial charge in [-0.2, -0.15) is 5.10 Å². The number of methoxy groups -OCH3 is 1. The molecule has 0 radical (unpaired) electrons. The van der Waals surface area contributed by atoms with Gasteiger partial charge in [-0.3, -0.25) is 9.59 Å². The number of carbonyl (C=O) groups excluding carboxylic acids is 2. The number of amides is 1. The van der Waals surface area contributed by atoms with Gasteiger partial charge in [-0.25, -0.2) is 4.68 Å². The van der Waals surface area contributed by atoms with Crippen LogP contribution in [0.1, 0.15) is 49.6 Å². The lowest BCUT2D eigenvalue weighted by Gasteiger charge is -2.07. The van der Waals surface area contributed by atoms with E-state index in [1.165, 1.54) is 25.3 Å². The average Bonchev–Trinajstić information content (AvgIpc) is 3.25. The standard InChI is InChI=1S/C21H25N3O3/c1-15(25)22-16-11-13-17(14-12-16)24-20-9-6-7-18(20)19(23-24)8-4-3-5-10-21(26)27-2/h4,8,11-14H,3,5-7,9-10H2,1-2H3,(H,22,25). The highest BCUT2D eigenvalue weighted by Gasteiger charge is 2.21. The number of aromatic nitrogens is 2. The summed E-state index contributed by atoms with van der Waals surface area (Å²) in [6.45, 7) is 1.50. The summed E-state index contributed by atoms with van der Waals surface area (Å²) in [4.78, 5) is 22.3. The molecule has 27 heavy (non-hydrogen) atoms. The first-order valence-electron chi connectivity index (χ1n) is 9.30. The predicted octanol–water partition coefficient (Wildman–Crippen LogP) is 3.68. The number of carbonyl (C=O) groups is 2. The first-order chi connectivity index (χ1) is 13.1. The van der Waals surface area contributed by atoms with E-state index in [1.807, 2.05) is 28.9 Å². The van der Waals surface area contributed by atoms with Gasteiger partial charge in [0, 0.05) is 30.3 Å². The first kappa shape index (κ1) is 18.9. The zero-order valence-corrected chi connectivity index (χ0v) is 15.8. The molecule has 1 amide bonds. The Morgan fingerprint density at radius 3 is 2.74 bits per heavy atom. The van der Waals surface area contributed by atoms with Gasteiger partial charge in [0.1, 0.15) is 0 Å². The second kappa shape index (κ2) is 8.66. The van der Waals surface area contributed by atoms with E-state index in [1.54, 1.807) is 0 Å². The predicted molar refractivity (Wildman–Crippen MR) is 105 cm³/mol. The van der Waals surface area contributed by atoms with Crippen LogP contribution in [0.15, 0.2) is 30.3 Å². The topological polar surface area (TPSA) is 73.2 Å². The Morgan fingerprint density at radius 2 is 2.04 bits per heavy atom. The molecule has 0 unspecified atom stereocenters. The number of hydrogen-bond donors (Lipinski definition) is 1. The number of hydrogen-bond acceptors (Lipinski definition) is 4. The highest BCUT2D eigenvalue weighted by Crippen LogP contribution is 2.29. The molecule has 2 aromatic rings. The number of benzene rings is 1. The molecule has 1 aliphatic rings. The molecule has 0 saturated carbocycles. The monoisotopic (exact) mass is 367 g/mol. The summed E-state index contributed by atoms with van der Waals surface area (Å²) in [6.07, 6.45) is 9.37. The summed E-state index contributed by atoms with van der Waals surface area (Å²) >= 11 is 0. The van der Waals surface area contributed by atoms with E-state index < -0.39 is 0 Å². The maximum absolute atomic E-state index is 11.2. The van der Waals surface area contributed by atoms with Crippen LogP contribution in [0.3, 0.4) is 0 Å². The van der Waals surface area contributed by atoms with E-state index >= 15 is 0 Å². The van der Waals surface area contributed by atoms with Crippen LogP contribution in [0.4, 0.5) is 5.69 Å². The zero-order valence-electron chi connectivity index (χ0n) is 15.8. The van der Waals surface area contributed by atoms with Gasteiger partial charge in [-0.05, 0) is 62.4 Å². The number of unbranched alkanes of at least 4 members (excludes halogenated alkanes) is 1. The van der Waals surface area contributed by atoms with Crippen molar-refractivity contribution in [3.63, 3.8) is 0 Å². The quantitative estimate of drug-likeness (QED) is 0.598. The summed E-state index contributed by atoms with van der Waals surface area (Å²) in [5.74, 6) is -0.251. The van der Waals surface area contributed by atoms with E-state index in [2.05, 4.69) is 22.2 Å². The van der Waals surface area contributed by atoms with Gasteiger partial charge in [0.2, 0.25) is 5.91 Å². The molecular formula is C21H25N3O3. The third kappa shape index (κ3) is 4.64. The Labute approximate surface area is 159 Å². The van der Waals surface area contributed by atoms with Gasteiger partial charge in [-0.1, -0.05) is 6.08 Å². The lowest BCUT2D eigenvalue weighted by atomic mass is 10.1. The number of esters is 1. The number of anilines is 1. The summed E-state index contributed by atoms with van der Waals surface area (Å²) in [5.41, 5.74) is 5.35. The molecule has 3 rings (SSSR count). The van der Waals surface area contributed by atoms with Gasteiger partial charge in [0.15, 0.2) is 0 Å². The lowest BCUT2D eigenvalue weighted by molar-refractivity contribution is -0.140. The first-order valence-corrected chi connectivity index (χ1v) is 9.30. The average molecular weight is 367 g/mol. The van der Waals surface area contributed by atoms with E-state index in [9.17, 15) is 9.59 Å². The second-order valence-corrected chi connectivity index (χ2v) is 6.67. The fourth-order valence-corrected chi connectivity index (χ4v) is 3.36. The summed E-state index contributed by atoms with van der Waals surface area (Å²) in [6, 6.07) is 7.73. The van der Waals surface area contributed by atoms with Crippen molar-refractivity contribution in [3.8, 4) is 5.69 Å². The maximum Gasteiger partial charge on any atom is 0.305 e. The maximum atomic E-state index is 11.2. The van der Waals surface area contributed by atoms with Gasteiger partial charge in [0.25, 0.3) is 0 Å². The molecule has 0 saturated heterocycles. The molecule has 142 valence electrons. The number of nitrogens with one attached hydrogen (secondary N) is 1. The van der Waals surface area contributed by atoms with Gasteiger partial charge < -0.3 is 10.1 Å². The summed E-state index contributed by atoms with van der Waals surface area (Å²) in [7, 11) is 1.41. The molecule has 1 heterocycles. The molecule has 6 heteroatoms. The fourth-order valence-electron chi connectivity index (χ4n) is 3.36. The van der Waals surface area contributed by atoms with Crippen LogP contribution in [0.2, 0.25) is 0 Å². The van der Waals surface area contributed by atoms with Gasteiger partial charge in [0.05, 0.1) is 18.5 Å². The molecule has 6 nitrogen and oxygen atoms in total. The van der Waals surface area contributed by atoms with Crippen molar-refractivity contribution in [2.75, 3.05) is 12.4 Å². The fraction of sp³-hybridized carbons (Fsp3) is 0.381. The third-order valence-corrected chi connectivity index (χ3v) is 4.65. The minimum absolute atomic E-state index is 0.0812. The zero-order chi connectivity index (χ0) is 19.2. The number of nitrogens with zero attached hydrogens (tertiary/aromatic N) is 2. The Kier molecular flexibility index (Phi) is 6.06. The Balaban J connectivity index is 1.73. The van der Waals surface area contributed by atoms with Crippen molar-refractivity contribution in [2.24, 2.45) is 0 Å². The molecular weight excluding hydrogens is 342 g/mol. The van der Waals surface area contributed by atoms with Crippen molar-refractivity contribution in [3.05, 3.63) is 47.3 Å². The minimum atomic E-state index is -0.170. The molecule has 0 fully saturated rings. The molecule has 1 N–H and O–H groups in total. The van der Waals surface area contributed by atoms with Crippen LogP contribution >= 0.6 is 0 Å². The summed E-state index contributed by atoms with van der Waals surface area (Å²) < 4.78 is 6.66. The largest absolute Gasteiger partial charge is 0.469 e. The third-order valence-electron chi connectivity index (χ3n) is 4.65. The van der Waals surface area contributed by atoms with Crippen molar-refractivity contribution >= 4 is 23.6 Å². The van der Waals surface area contributed by atoms with Crippen LogP contribution in [0.25, 0.3) is 11.8 Å². The smallest absolute Gasteiger partial charge is 0.305 e. The Bertz CT molecular complexity index is 850. The van der Waals surface area contributed by atoms with Crippen molar-refractivity contribution in [1.29, 1.82) is 0 Å². The Morgan fingerprint density at radius 1 is 1.26 bits per heavy atom. The summed E-state index contributed by atoms with van der Waals surface area (Å²) in [5, 5.41) is 7.57. The van der Waals surface area contributed by atoms with Crippen LogP contribution in [0.5, 0.6) is 0 Å². The van der Waals surface area contributed by atoms with Gasteiger partial charge >= 0.3 is 5.97 Å². The van der Waals surface area contributed by atoms with Crippen LogP contribution < -0.4 is 5.32 Å². The number of allylic oxidation sites excluding steroid dienone is 1. The molecule has 0 aliphatic heterocycles. The number of rotatable bonds is 7. The molecule has 1 aromatic heterocycles. The SMILES string of the molecule is COC(=O)CCCC=Cc1nn(-c2ccc(NC(C)=O)cc2)c2c1CCC2. The van der Waals surface area contributed by atoms with E-state index in [-0.39, 0.29) is 11.9 Å². The van der Waals surface area contributed by atoms with E-state index in [4.69, 9.17) is 5.10 Å². The van der Waals surface area contributed by atoms with Crippen molar-refractivity contribution in [1.82, 2.24) is 9.78 Å². The highest BCUT2D eigenvalue weighted by molar-refractivity contribution is 5.88. The molecule has 1 aromatic carbocycles. The van der Waals surface area contributed by atoms with Crippen LogP contribution in [0, 0.1) is 0 Å².